The van der Waals surface area contributed by atoms with Crippen LogP contribution in [-0.4, -0.2) is 8.07 Å². The van der Waals surface area contributed by atoms with E-state index in [-0.39, 0.29) is 29.7 Å². The summed E-state index contributed by atoms with van der Waals surface area (Å²) in [5.74, 6) is 13.8. The lowest BCUT2D eigenvalue weighted by atomic mass is 9.78. The second-order valence-corrected chi connectivity index (χ2v) is 30.6. The highest BCUT2D eigenvalue weighted by Crippen LogP contribution is 2.32. The Morgan fingerprint density at radius 2 is 0.541 bits per heavy atom. The molecule has 0 aliphatic heterocycles. The molecule has 0 nitrogen and oxygen atoms in total. The van der Waals surface area contributed by atoms with Crippen molar-refractivity contribution in [3.8, 4) is 0 Å². The fourth-order valence-electron chi connectivity index (χ4n) is 7.57. The lowest BCUT2D eigenvalue weighted by Gasteiger charge is -2.28. The lowest BCUT2D eigenvalue weighted by Crippen LogP contribution is -2.24. The molecule has 0 atom stereocenters. The van der Waals surface area contributed by atoms with Gasteiger partial charge in [0.15, 0.2) is 0 Å². The molecule has 0 aromatic heterocycles. The highest BCUT2D eigenvalue weighted by Gasteiger charge is 2.22. The number of hydrogen-bond donors (Lipinski definition) is 0. The summed E-state index contributed by atoms with van der Waals surface area (Å²) in [5.41, 5.74) is 0.502. The van der Waals surface area contributed by atoms with Crippen molar-refractivity contribution in [2.24, 2.45) is 100 Å². The normalized spacial score (nSPS) is 11.6. The maximum Gasteiger partial charge on any atom is 0.0442 e. The zero-order valence-corrected chi connectivity index (χ0v) is 48.2. The van der Waals surface area contributed by atoms with Gasteiger partial charge in [-0.1, -0.05) is 275 Å². The SMILES string of the molecule is C.C.C.C.CC(C)C(C)C(C)C.CC(C)C(C)C(C)C.CC(C)C(CCC(C)(C)C)C(C)C.CC(C)C(CC[Si](C)(C)C)C(C)C.CC(C)CCC(C(C)C)C(C)C.CCC. The largest absolute Gasteiger partial charge is 0.0776 e. The molecule has 386 valence electrons. The second-order valence-electron chi connectivity index (χ2n) is 25.0. The van der Waals surface area contributed by atoms with Crippen LogP contribution < -0.4 is 0 Å². The summed E-state index contributed by atoms with van der Waals surface area (Å²) in [5, 5.41) is 0. The maximum atomic E-state index is 2.48. The third-order valence-electron chi connectivity index (χ3n) is 12.9. The molecule has 0 aromatic rings. The Labute approximate surface area is 401 Å². The van der Waals surface area contributed by atoms with Crippen LogP contribution in [0.1, 0.15) is 269 Å². The van der Waals surface area contributed by atoms with Crippen LogP contribution in [0, 0.1) is 100 Å². The summed E-state index contributed by atoms with van der Waals surface area (Å²) >= 11 is 0. The topological polar surface area (TPSA) is 0 Å². The van der Waals surface area contributed by atoms with Gasteiger partial charge < -0.3 is 0 Å². The van der Waals surface area contributed by atoms with Crippen molar-refractivity contribution in [1.29, 1.82) is 0 Å². The van der Waals surface area contributed by atoms with Crippen LogP contribution in [0.15, 0.2) is 0 Å². The Kier molecular flexibility index (Phi) is 64.8. The van der Waals surface area contributed by atoms with E-state index in [0.717, 1.165) is 94.7 Å². The Balaban J connectivity index is -0.0000000652. The molecule has 0 aliphatic rings. The average Bonchev–Trinajstić information content (AvgIpc) is 2.99. The molecule has 0 aliphatic carbocycles. The minimum Gasteiger partial charge on any atom is -0.0776 e. The van der Waals surface area contributed by atoms with E-state index < -0.39 is 8.07 Å². The monoisotopic (exact) mass is 891 g/mol. The zero-order valence-electron chi connectivity index (χ0n) is 47.2. The summed E-state index contributed by atoms with van der Waals surface area (Å²) in [6.07, 6.45) is 8.24. The zero-order chi connectivity index (χ0) is 47.2. The van der Waals surface area contributed by atoms with E-state index >= 15 is 0 Å². The van der Waals surface area contributed by atoms with Gasteiger partial charge in [0.1, 0.15) is 0 Å². The van der Waals surface area contributed by atoms with E-state index in [1.165, 1.54) is 44.6 Å². The molecule has 0 aromatic carbocycles. The van der Waals surface area contributed by atoms with E-state index in [4.69, 9.17) is 0 Å². The Bertz CT molecular complexity index is 687. The molecule has 0 radical (unpaired) electrons. The van der Waals surface area contributed by atoms with Gasteiger partial charge in [0, 0.05) is 8.07 Å². The molecule has 0 spiro atoms. The molecule has 0 unspecified atom stereocenters. The third-order valence-corrected chi connectivity index (χ3v) is 14.7. The summed E-state index contributed by atoms with van der Waals surface area (Å²) in [4.78, 5) is 0. The van der Waals surface area contributed by atoms with E-state index in [9.17, 15) is 0 Å². The molecule has 61 heavy (non-hydrogen) atoms. The Morgan fingerprint density at radius 1 is 0.328 bits per heavy atom. The molecule has 0 saturated heterocycles. The minimum absolute atomic E-state index is 0. The third kappa shape index (κ3) is 62.3. The van der Waals surface area contributed by atoms with Gasteiger partial charge in [0.25, 0.3) is 0 Å². The molecule has 0 heterocycles. The highest BCUT2D eigenvalue weighted by atomic mass is 28.3. The predicted molar refractivity (Wildman–Crippen MR) is 306 cm³/mol. The van der Waals surface area contributed by atoms with Crippen molar-refractivity contribution in [1.82, 2.24) is 0 Å². The van der Waals surface area contributed by atoms with Gasteiger partial charge in [-0.05, 0) is 119 Å². The first-order valence-electron chi connectivity index (χ1n) is 25.4. The smallest absolute Gasteiger partial charge is 0.0442 e. The molecule has 0 saturated carbocycles. The molecule has 0 rings (SSSR count). The molecule has 0 N–H and O–H groups in total. The first-order chi connectivity index (χ1) is 25.4. The fourth-order valence-corrected chi connectivity index (χ4v) is 8.77. The first kappa shape index (κ1) is 84.6. The van der Waals surface area contributed by atoms with Gasteiger partial charge >= 0.3 is 0 Å². The Hall–Kier alpha value is 0.217. The molecular weight excluding hydrogens is 749 g/mol. The van der Waals surface area contributed by atoms with Gasteiger partial charge in [-0.2, -0.15) is 0 Å². The van der Waals surface area contributed by atoms with Gasteiger partial charge in [-0.3, -0.25) is 0 Å². The summed E-state index contributed by atoms with van der Waals surface area (Å²) in [7, 11) is -0.812. The van der Waals surface area contributed by atoms with Gasteiger partial charge in [0.2, 0.25) is 0 Å². The van der Waals surface area contributed by atoms with Crippen molar-refractivity contribution >= 4 is 8.07 Å². The van der Waals surface area contributed by atoms with Crippen LogP contribution in [0.25, 0.3) is 0 Å². The lowest BCUT2D eigenvalue weighted by molar-refractivity contribution is 0.226. The van der Waals surface area contributed by atoms with Crippen LogP contribution in [0.4, 0.5) is 0 Å². The van der Waals surface area contributed by atoms with E-state index in [2.05, 4.69) is 220 Å². The highest BCUT2D eigenvalue weighted by molar-refractivity contribution is 6.76. The van der Waals surface area contributed by atoms with Crippen LogP contribution >= 0.6 is 0 Å². The van der Waals surface area contributed by atoms with Crippen LogP contribution in [0.2, 0.25) is 25.7 Å². The molecule has 0 fully saturated rings. The Morgan fingerprint density at radius 3 is 0.689 bits per heavy atom. The van der Waals surface area contributed by atoms with Crippen molar-refractivity contribution < 1.29 is 0 Å². The van der Waals surface area contributed by atoms with Crippen LogP contribution in [0.5, 0.6) is 0 Å². The van der Waals surface area contributed by atoms with Crippen molar-refractivity contribution in [3.63, 3.8) is 0 Å². The van der Waals surface area contributed by atoms with Gasteiger partial charge in [-0.25, -0.2) is 0 Å². The van der Waals surface area contributed by atoms with E-state index in [0.29, 0.717) is 5.41 Å². The van der Waals surface area contributed by atoms with Crippen LogP contribution in [-0.2, 0) is 0 Å². The molecule has 0 amide bonds. The second kappa shape index (κ2) is 46.7. The fraction of sp³-hybridized carbons (Fsp3) is 1.00. The minimum atomic E-state index is -0.812. The van der Waals surface area contributed by atoms with Crippen molar-refractivity contribution in [2.45, 2.75) is 295 Å². The molecule has 0 bridgehead atoms. The standard InChI is InChI=1S/C13H28.C12H28Si.C12H26.2C8H18.C3H8.4CH4/c2*1-10(2)12(11(3)4)8-9-13(5,6)7;1-9(2)7-8-12(10(3)4)11(5)6;2*1-6(2)8(5)7(3)4;1-3-2;;;;/h2*10-12H,8-9H2,1-7H3;9-12H,7-8H2,1-6H3;2*6-8H,1-5H3;3H2,1-2H3;4*1H4. The molecule has 1 heteroatoms. The van der Waals surface area contributed by atoms with Crippen molar-refractivity contribution in [3.05, 3.63) is 0 Å². The van der Waals surface area contributed by atoms with Crippen LogP contribution in [0.3, 0.4) is 0 Å². The van der Waals surface area contributed by atoms with E-state index in [1.54, 1.807) is 0 Å². The summed E-state index contributed by atoms with van der Waals surface area (Å²) in [6, 6.07) is 1.49. The quantitative estimate of drug-likeness (QED) is 0.120. The molecular formula is C60H142Si. The summed E-state index contributed by atoms with van der Waals surface area (Å²) < 4.78 is 0. The average molecular weight is 892 g/mol. The maximum absolute atomic E-state index is 2.48. The van der Waals surface area contributed by atoms with E-state index in [1.807, 2.05) is 0 Å². The summed E-state index contributed by atoms with van der Waals surface area (Å²) in [6.45, 7) is 74.5. The van der Waals surface area contributed by atoms with Gasteiger partial charge in [-0.15, -0.1) is 0 Å². The van der Waals surface area contributed by atoms with Gasteiger partial charge in [0.05, 0.1) is 0 Å². The number of rotatable bonds is 18. The predicted octanol–water partition coefficient (Wildman–Crippen LogP) is 23.6. The first-order valence-corrected chi connectivity index (χ1v) is 29.2. The number of hydrogen-bond acceptors (Lipinski definition) is 0. The van der Waals surface area contributed by atoms with Crippen molar-refractivity contribution in [2.75, 3.05) is 0 Å².